The number of hydrogen-bond donors (Lipinski definition) is 0. The van der Waals surface area contributed by atoms with Gasteiger partial charge in [-0.15, -0.1) is 0 Å². The Balaban J connectivity index is 1.81. The first kappa shape index (κ1) is 19.8. The molecule has 3 aromatic carbocycles. The van der Waals surface area contributed by atoms with Crippen molar-refractivity contribution in [3.8, 4) is 0 Å². The lowest BCUT2D eigenvalue weighted by Crippen LogP contribution is -2.54. The van der Waals surface area contributed by atoms with Crippen LogP contribution in [0, 0.1) is 11.8 Å². The van der Waals surface area contributed by atoms with Crippen LogP contribution in [0.2, 0.25) is 0 Å². The van der Waals surface area contributed by atoms with E-state index in [1.165, 1.54) is 16.7 Å². The van der Waals surface area contributed by atoms with E-state index in [1.807, 2.05) is 24.3 Å². The van der Waals surface area contributed by atoms with E-state index in [-0.39, 0.29) is 23.0 Å². The number of halogens is 1. The zero-order chi connectivity index (χ0) is 20.4. The summed E-state index contributed by atoms with van der Waals surface area (Å²) in [5.74, 6) is 0.349. The first-order valence-electron chi connectivity index (χ1n) is 10.1. The molecule has 0 unspecified atom stereocenters. The Morgan fingerprint density at radius 3 is 1.86 bits per heavy atom. The molecule has 1 saturated carbocycles. The Morgan fingerprint density at radius 2 is 1.38 bits per heavy atom. The van der Waals surface area contributed by atoms with Gasteiger partial charge in [0.15, 0.2) is 5.78 Å². The maximum absolute atomic E-state index is 13.4. The Kier molecular flexibility index (Phi) is 5.56. The molecule has 0 saturated heterocycles. The molecule has 0 spiro atoms. The molecule has 2 atom stereocenters. The number of benzene rings is 3. The number of carbonyl (C=O) groups excluding carboxylic acids is 1. The maximum Gasteiger partial charge on any atom is 0.166 e. The fourth-order valence-corrected chi connectivity index (χ4v) is 5.02. The van der Waals surface area contributed by atoms with E-state index in [4.69, 9.17) is 0 Å². The van der Waals surface area contributed by atoms with Crippen molar-refractivity contribution in [1.82, 2.24) is 0 Å². The second-order valence-corrected chi connectivity index (χ2v) is 9.07. The molecule has 0 radical (unpaired) electrons. The summed E-state index contributed by atoms with van der Waals surface area (Å²) in [7, 11) is 0. The van der Waals surface area contributed by atoms with E-state index < -0.39 is 0 Å². The molecule has 0 heterocycles. The van der Waals surface area contributed by atoms with Crippen molar-refractivity contribution < 1.29 is 4.79 Å². The summed E-state index contributed by atoms with van der Waals surface area (Å²) in [5.41, 5.74) is 4.44. The van der Waals surface area contributed by atoms with Crippen LogP contribution in [0.25, 0.3) is 0 Å². The molecule has 146 valence electrons. The number of allylic oxidation sites excluding steroid dienone is 2. The van der Waals surface area contributed by atoms with Gasteiger partial charge in [-0.1, -0.05) is 100 Å². The van der Waals surface area contributed by atoms with Gasteiger partial charge < -0.3 is 0 Å². The third-order valence-electron chi connectivity index (χ3n) is 6.10. The van der Waals surface area contributed by atoms with Crippen LogP contribution in [0.15, 0.2) is 101 Å². The molecular formula is C27H25BrO. The van der Waals surface area contributed by atoms with Crippen molar-refractivity contribution >= 4 is 21.7 Å². The largest absolute Gasteiger partial charge is 0.294 e. The van der Waals surface area contributed by atoms with Crippen LogP contribution in [0.4, 0.5) is 0 Å². The van der Waals surface area contributed by atoms with Crippen LogP contribution >= 0.6 is 15.9 Å². The molecule has 3 aromatic rings. The minimum atomic E-state index is -0.171. The minimum absolute atomic E-state index is 0.0218. The zero-order valence-electron chi connectivity index (χ0n) is 16.8. The van der Waals surface area contributed by atoms with Crippen molar-refractivity contribution in [3.05, 3.63) is 118 Å². The van der Waals surface area contributed by atoms with Crippen LogP contribution in [0.3, 0.4) is 0 Å². The fourth-order valence-electron chi connectivity index (χ4n) is 4.75. The molecule has 1 aliphatic rings. The van der Waals surface area contributed by atoms with Gasteiger partial charge in [0, 0.05) is 27.3 Å². The molecule has 0 N–H and O–H groups in total. The quantitative estimate of drug-likeness (QED) is 0.299. The van der Waals surface area contributed by atoms with E-state index in [2.05, 4.69) is 96.5 Å². The summed E-state index contributed by atoms with van der Waals surface area (Å²) in [6.07, 6.45) is 3.13. The molecule has 1 nitrogen and oxygen atoms in total. The monoisotopic (exact) mass is 444 g/mol. The van der Waals surface area contributed by atoms with E-state index >= 15 is 0 Å². The lowest BCUT2D eigenvalue weighted by Gasteiger charge is -2.55. The molecule has 1 aliphatic carbocycles. The molecule has 0 amide bonds. The first-order chi connectivity index (χ1) is 14.0. The predicted molar refractivity (Wildman–Crippen MR) is 123 cm³/mol. The standard InChI is InChI=1S/C27H25BrO/c1-19(2)17-25-24(26(29)20-13-15-23(28)16-14-20)18-27(25,21-9-5-3-6-10-21)22-11-7-4-8-12-22/h3-17,24-25H,18H2,1-2H3/t24-,25+/m0/s1. The molecule has 0 aliphatic heterocycles. The second-order valence-electron chi connectivity index (χ2n) is 8.15. The van der Waals surface area contributed by atoms with Gasteiger partial charge in [-0.25, -0.2) is 0 Å². The van der Waals surface area contributed by atoms with Crippen LogP contribution in [0.1, 0.15) is 41.8 Å². The molecule has 29 heavy (non-hydrogen) atoms. The summed E-state index contributed by atoms with van der Waals surface area (Å²) in [5, 5.41) is 0. The number of carbonyl (C=O) groups is 1. The Labute approximate surface area is 181 Å². The average molecular weight is 445 g/mol. The molecule has 2 heteroatoms. The highest BCUT2D eigenvalue weighted by molar-refractivity contribution is 9.10. The Morgan fingerprint density at radius 1 is 0.862 bits per heavy atom. The van der Waals surface area contributed by atoms with E-state index in [0.717, 1.165) is 16.5 Å². The third kappa shape index (κ3) is 3.62. The fraction of sp³-hybridized carbons (Fsp3) is 0.222. The van der Waals surface area contributed by atoms with Gasteiger partial charge in [0.25, 0.3) is 0 Å². The van der Waals surface area contributed by atoms with Gasteiger partial charge in [-0.2, -0.15) is 0 Å². The Hall–Kier alpha value is -2.45. The van der Waals surface area contributed by atoms with E-state index in [1.54, 1.807) is 0 Å². The lowest BCUT2D eigenvalue weighted by molar-refractivity contribution is 0.0598. The summed E-state index contributed by atoms with van der Waals surface area (Å²) in [4.78, 5) is 13.4. The van der Waals surface area contributed by atoms with Crippen molar-refractivity contribution in [1.29, 1.82) is 0 Å². The van der Waals surface area contributed by atoms with Crippen molar-refractivity contribution in [2.24, 2.45) is 11.8 Å². The third-order valence-corrected chi connectivity index (χ3v) is 6.63. The van der Waals surface area contributed by atoms with Crippen molar-refractivity contribution in [3.63, 3.8) is 0 Å². The molecule has 4 rings (SSSR count). The average Bonchev–Trinajstić information content (AvgIpc) is 2.73. The Bertz CT molecular complexity index is 976. The highest BCUT2D eigenvalue weighted by Gasteiger charge is 2.57. The first-order valence-corrected chi connectivity index (χ1v) is 10.9. The van der Waals surface area contributed by atoms with Crippen LogP contribution in [-0.2, 0) is 5.41 Å². The summed E-state index contributed by atoms with van der Waals surface area (Å²) in [6, 6.07) is 29.1. The summed E-state index contributed by atoms with van der Waals surface area (Å²) >= 11 is 3.47. The van der Waals surface area contributed by atoms with Crippen molar-refractivity contribution in [2.45, 2.75) is 25.7 Å². The van der Waals surface area contributed by atoms with Gasteiger partial charge in [0.1, 0.15) is 0 Å². The second kappa shape index (κ2) is 8.12. The normalized spacial score (nSPS) is 19.8. The highest BCUT2D eigenvalue weighted by Crippen LogP contribution is 2.58. The van der Waals surface area contributed by atoms with Crippen LogP contribution in [0.5, 0.6) is 0 Å². The van der Waals surface area contributed by atoms with Crippen molar-refractivity contribution in [2.75, 3.05) is 0 Å². The summed E-state index contributed by atoms with van der Waals surface area (Å²) < 4.78 is 0.992. The number of Topliss-reactive ketones (excluding diaryl/α,β-unsaturated/α-hetero) is 1. The van der Waals surface area contributed by atoms with E-state index in [9.17, 15) is 4.79 Å². The van der Waals surface area contributed by atoms with Gasteiger partial charge in [0.05, 0.1) is 0 Å². The smallest absolute Gasteiger partial charge is 0.166 e. The molecule has 1 fully saturated rings. The zero-order valence-corrected chi connectivity index (χ0v) is 18.4. The van der Waals surface area contributed by atoms with Crippen LogP contribution in [-0.4, -0.2) is 5.78 Å². The molecular weight excluding hydrogens is 420 g/mol. The highest BCUT2D eigenvalue weighted by atomic mass is 79.9. The minimum Gasteiger partial charge on any atom is -0.294 e. The maximum atomic E-state index is 13.4. The molecule has 0 bridgehead atoms. The van der Waals surface area contributed by atoms with Gasteiger partial charge in [-0.05, 0) is 43.5 Å². The van der Waals surface area contributed by atoms with E-state index in [0.29, 0.717) is 0 Å². The lowest BCUT2D eigenvalue weighted by atomic mass is 9.47. The van der Waals surface area contributed by atoms with Gasteiger partial charge in [0.2, 0.25) is 0 Å². The topological polar surface area (TPSA) is 17.1 Å². The summed E-state index contributed by atoms with van der Waals surface area (Å²) in [6.45, 7) is 4.25. The molecule has 0 aromatic heterocycles. The SMILES string of the molecule is CC(C)=C[C@@H]1[C@@H](C(=O)c2ccc(Br)cc2)CC1(c1ccccc1)c1ccccc1. The number of rotatable bonds is 5. The predicted octanol–water partition coefficient (Wildman–Crippen LogP) is 7.22. The van der Waals surface area contributed by atoms with Gasteiger partial charge in [-0.3, -0.25) is 4.79 Å². The number of ketones is 1. The number of hydrogen-bond acceptors (Lipinski definition) is 1. The van der Waals surface area contributed by atoms with Gasteiger partial charge >= 0.3 is 0 Å². The van der Waals surface area contributed by atoms with Crippen LogP contribution < -0.4 is 0 Å².